The second kappa shape index (κ2) is 3.15. The Hall–Kier alpha value is -1.02. The molecule has 2 nitrogen and oxygen atoms in total. The Morgan fingerprint density at radius 1 is 1.50 bits per heavy atom. The van der Waals surface area contributed by atoms with Crippen molar-refractivity contribution in [3.05, 3.63) is 29.8 Å². The van der Waals surface area contributed by atoms with Crippen molar-refractivity contribution < 1.29 is 4.84 Å². The van der Waals surface area contributed by atoms with Crippen LogP contribution in [0.25, 0.3) is 0 Å². The summed E-state index contributed by atoms with van der Waals surface area (Å²) >= 11 is 0. The highest BCUT2D eigenvalue weighted by Crippen LogP contribution is 2.19. The average Bonchev–Trinajstić information content (AvgIpc) is 2.00. The molecule has 1 heterocycles. The molecular weight excluding hydrogens is 150 g/mol. The van der Waals surface area contributed by atoms with Gasteiger partial charge in [-0.2, -0.15) is 0 Å². The summed E-state index contributed by atoms with van der Waals surface area (Å²) in [6.45, 7) is 4.11. The molecule has 1 radical (unpaired) electrons. The number of nitrogens with zero attached hydrogens (tertiary/aromatic N) is 1. The highest BCUT2D eigenvalue weighted by Gasteiger charge is 2.15. The summed E-state index contributed by atoms with van der Waals surface area (Å²) in [5.41, 5.74) is 1.07. The molecule has 1 aliphatic heterocycles. The fraction of sp³-hybridized carbons (Fsp3) is 0.400. The molecular formula is C10H12NO. The van der Waals surface area contributed by atoms with Crippen LogP contribution in [0.3, 0.4) is 0 Å². The minimum Gasteiger partial charge on any atom is -0.406 e. The van der Waals surface area contributed by atoms with E-state index in [1.54, 1.807) is 0 Å². The molecule has 1 aromatic rings. The first-order chi connectivity index (χ1) is 5.86. The molecule has 63 valence electrons. The van der Waals surface area contributed by atoms with Gasteiger partial charge < -0.3 is 4.84 Å². The van der Waals surface area contributed by atoms with Crippen molar-refractivity contribution in [2.75, 3.05) is 13.1 Å². The maximum absolute atomic E-state index is 5.58. The quantitative estimate of drug-likeness (QED) is 0.657. The summed E-state index contributed by atoms with van der Waals surface area (Å²) in [4.78, 5) is 5.58. The Kier molecular flexibility index (Phi) is 2.00. The highest BCUT2D eigenvalue weighted by molar-refractivity contribution is 5.30. The molecule has 1 fully saturated rings. The summed E-state index contributed by atoms with van der Waals surface area (Å²) in [5.74, 6) is 0.928. The molecule has 1 aliphatic rings. The molecule has 0 aromatic heterocycles. The molecule has 2 rings (SSSR count). The van der Waals surface area contributed by atoms with Gasteiger partial charge in [-0.3, -0.25) is 0 Å². The maximum Gasteiger partial charge on any atom is 0.150 e. The molecule has 2 heteroatoms. The van der Waals surface area contributed by atoms with Crippen molar-refractivity contribution in [2.45, 2.75) is 13.3 Å². The third kappa shape index (κ3) is 1.43. The van der Waals surface area contributed by atoms with E-state index < -0.39 is 0 Å². The molecule has 0 atom stereocenters. The zero-order valence-electron chi connectivity index (χ0n) is 7.21. The molecule has 12 heavy (non-hydrogen) atoms. The van der Waals surface area contributed by atoms with Crippen LogP contribution >= 0.6 is 0 Å². The van der Waals surface area contributed by atoms with E-state index in [1.807, 2.05) is 30.2 Å². The van der Waals surface area contributed by atoms with Crippen LogP contribution in [0.4, 0.5) is 0 Å². The first kappa shape index (κ1) is 7.62. The Labute approximate surface area is 72.7 Å². The van der Waals surface area contributed by atoms with Gasteiger partial charge in [0.15, 0.2) is 5.75 Å². The Morgan fingerprint density at radius 3 is 2.92 bits per heavy atom. The molecule has 0 spiro atoms. The van der Waals surface area contributed by atoms with Crippen LogP contribution in [0, 0.1) is 13.0 Å². The standard InChI is InChI=1S/C10H12NO/c1-9-5-2-3-6-10(9)12-11-7-4-8-11/h2-3,6H,4,7-8H2,1H3. The number of rotatable bonds is 2. The molecule has 0 aliphatic carbocycles. The largest absolute Gasteiger partial charge is 0.406 e. The fourth-order valence-electron chi connectivity index (χ4n) is 1.12. The van der Waals surface area contributed by atoms with Crippen molar-refractivity contribution in [3.8, 4) is 5.75 Å². The number of hydroxylamine groups is 2. The van der Waals surface area contributed by atoms with Gasteiger partial charge in [0.2, 0.25) is 0 Å². The SMILES string of the molecule is Cc1[c]cccc1ON1CCC1. The Balaban J connectivity index is 2.06. The lowest BCUT2D eigenvalue weighted by Gasteiger charge is -2.30. The number of hydrogen-bond donors (Lipinski definition) is 0. The topological polar surface area (TPSA) is 12.5 Å². The van der Waals surface area contributed by atoms with Crippen molar-refractivity contribution in [1.29, 1.82) is 0 Å². The van der Waals surface area contributed by atoms with E-state index in [4.69, 9.17) is 4.84 Å². The predicted molar refractivity (Wildman–Crippen MR) is 46.8 cm³/mol. The second-order valence-electron chi connectivity index (χ2n) is 3.03. The van der Waals surface area contributed by atoms with Crippen LogP contribution in [0.2, 0.25) is 0 Å². The van der Waals surface area contributed by atoms with Gasteiger partial charge in [-0.25, -0.2) is 0 Å². The molecule has 0 bridgehead atoms. The molecule has 1 saturated heterocycles. The van der Waals surface area contributed by atoms with Crippen molar-refractivity contribution in [2.24, 2.45) is 0 Å². The zero-order chi connectivity index (χ0) is 8.39. The van der Waals surface area contributed by atoms with Gasteiger partial charge in [0.1, 0.15) is 0 Å². The lowest BCUT2D eigenvalue weighted by atomic mass is 10.2. The van der Waals surface area contributed by atoms with Crippen LogP contribution in [0.15, 0.2) is 18.2 Å². The zero-order valence-corrected chi connectivity index (χ0v) is 7.21. The van der Waals surface area contributed by atoms with E-state index in [9.17, 15) is 0 Å². The van der Waals surface area contributed by atoms with Crippen molar-refractivity contribution >= 4 is 0 Å². The number of benzene rings is 1. The molecule has 0 unspecified atom stereocenters. The van der Waals surface area contributed by atoms with Crippen LogP contribution in [0.1, 0.15) is 12.0 Å². The van der Waals surface area contributed by atoms with Crippen LogP contribution in [-0.2, 0) is 0 Å². The maximum atomic E-state index is 5.58. The molecule has 0 saturated carbocycles. The van der Waals surface area contributed by atoms with Crippen molar-refractivity contribution in [3.63, 3.8) is 0 Å². The first-order valence-electron chi connectivity index (χ1n) is 4.26. The summed E-state index contributed by atoms with van der Waals surface area (Å²) in [6, 6.07) is 8.93. The minimum absolute atomic E-state index is 0.928. The molecule has 0 amide bonds. The van der Waals surface area contributed by atoms with E-state index in [1.165, 1.54) is 6.42 Å². The average molecular weight is 162 g/mol. The van der Waals surface area contributed by atoms with E-state index in [-0.39, 0.29) is 0 Å². The van der Waals surface area contributed by atoms with Gasteiger partial charge in [0, 0.05) is 18.7 Å². The van der Waals surface area contributed by atoms with Gasteiger partial charge in [-0.1, -0.05) is 12.1 Å². The lowest BCUT2D eigenvalue weighted by Crippen LogP contribution is -2.39. The van der Waals surface area contributed by atoms with E-state index in [2.05, 4.69) is 6.07 Å². The van der Waals surface area contributed by atoms with Gasteiger partial charge >= 0.3 is 0 Å². The molecule has 1 aromatic carbocycles. The third-order valence-electron chi connectivity index (χ3n) is 2.06. The molecule has 0 N–H and O–H groups in total. The Bertz CT molecular complexity index is 268. The lowest BCUT2D eigenvalue weighted by molar-refractivity contribution is -0.107. The fourth-order valence-corrected chi connectivity index (χ4v) is 1.12. The third-order valence-corrected chi connectivity index (χ3v) is 2.06. The van der Waals surface area contributed by atoms with E-state index in [0.29, 0.717) is 0 Å². The van der Waals surface area contributed by atoms with Crippen LogP contribution in [-0.4, -0.2) is 18.2 Å². The van der Waals surface area contributed by atoms with Gasteiger partial charge in [-0.05, 0) is 25.5 Å². The van der Waals surface area contributed by atoms with E-state index in [0.717, 1.165) is 24.4 Å². The second-order valence-corrected chi connectivity index (χ2v) is 3.03. The number of aryl methyl sites for hydroxylation is 1. The smallest absolute Gasteiger partial charge is 0.150 e. The summed E-state index contributed by atoms with van der Waals surface area (Å²) in [5, 5.41) is 1.97. The highest BCUT2D eigenvalue weighted by atomic mass is 16.7. The van der Waals surface area contributed by atoms with Gasteiger partial charge in [-0.15, -0.1) is 5.06 Å². The summed E-state index contributed by atoms with van der Waals surface area (Å²) in [6.07, 6.45) is 1.25. The summed E-state index contributed by atoms with van der Waals surface area (Å²) in [7, 11) is 0. The minimum atomic E-state index is 0.928. The summed E-state index contributed by atoms with van der Waals surface area (Å²) < 4.78 is 0. The monoisotopic (exact) mass is 162 g/mol. The van der Waals surface area contributed by atoms with Crippen molar-refractivity contribution in [1.82, 2.24) is 5.06 Å². The van der Waals surface area contributed by atoms with Crippen LogP contribution in [0.5, 0.6) is 5.75 Å². The predicted octanol–water partition coefficient (Wildman–Crippen LogP) is 1.79. The van der Waals surface area contributed by atoms with Gasteiger partial charge in [0.05, 0.1) is 0 Å². The Morgan fingerprint density at radius 2 is 2.33 bits per heavy atom. The normalized spacial score (nSPS) is 17.1. The number of hydrogen-bond acceptors (Lipinski definition) is 2. The van der Waals surface area contributed by atoms with E-state index >= 15 is 0 Å². The first-order valence-corrected chi connectivity index (χ1v) is 4.26. The van der Waals surface area contributed by atoms with Gasteiger partial charge in [0.25, 0.3) is 0 Å². The van der Waals surface area contributed by atoms with Crippen LogP contribution < -0.4 is 4.84 Å².